The molecule has 0 saturated carbocycles. The molecule has 0 aliphatic rings. The minimum Gasteiger partial charge on any atom is -0.465 e. The van der Waals surface area contributed by atoms with Crippen molar-refractivity contribution in [1.29, 1.82) is 0 Å². The molecule has 1 aromatic carbocycles. The number of hydrogen-bond donors (Lipinski definition) is 0. The molecule has 0 atom stereocenters. The molecule has 0 saturated heterocycles. The highest BCUT2D eigenvalue weighted by molar-refractivity contribution is 7.98. The second-order valence-electron chi connectivity index (χ2n) is 3.12. The van der Waals surface area contributed by atoms with Crippen molar-refractivity contribution in [2.24, 2.45) is 0 Å². The maximum atomic E-state index is 11.6. The SMILES string of the molecule is CCOC(=O)c1ccc(SC)cc1C(=O)OC. The third-order valence-electron chi connectivity index (χ3n) is 2.13. The van der Waals surface area contributed by atoms with Crippen molar-refractivity contribution < 1.29 is 19.1 Å². The van der Waals surface area contributed by atoms with Gasteiger partial charge in [-0.15, -0.1) is 11.8 Å². The molecule has 0 aliphatic heterocycles. The van der Waals surface area contributed by atoms with Crippen LogP contribution in [0, 0.1) is 0 Å². The monoisotopic (exact) mass is 254 g/mol. The Kier molecular flexibility index (Phi) is 5.03. The van der Waals surface area contributed by atoms with Crippen LogP contribution in [0.2, 0.25) is 0 Å². The van der Waals surface area contributed by atoms with Crippen LogP contribution in [0.5, 0.6) is 0 Å². The van der Waals surface area contributed by atoms with E-state index in [1.54, 1.807) is 25.1 Å². The van der Waals surface area contributed by atoms with Crippen LogP contribution in [0.3, 0.4) is 0 Å². The van der Waals surface area contributed by atoms with Crippen molar-refractivity contribution in [2.75, 3.05) is 20.0 Å². The lowest BCUT2D eigenvalue weighted by Gasteiger charge is -2.08. The van der Waals surface area contributed by atoms with Crippen LogP contribution in [-0.2, 0) is 9.47 Å². The maximum Gasteiger partial charge on any atom is 0.338 e. The summed E-state index contributed by atoms with van der Waals surface area (Å²) in [5, 5.41) is 0. The van der Waals surface area contributed by atoms with E-state index in [-0.39, 0.29) is 17.7 Å². The van der Waals surface area contributed by atoms with Crippen molar-refractivity contribution in [3.63, 3.8) is 0 Å². The van der Waals surface area contributed by atoms with E-state index in [1.165, 1.54) is 18.9 Å². The Balaban J connectivity index is 3.19. The molecular formula is C12H14O4S. The van der Waals surface area contributed by atoms with Gasteiger partial charge in [-0.25, -0.2) is 9.59 Å². The Morgan fingerprint density at radius 3 is 2.47 bits per heavy atom. The summed E-state index contributed by atoms with van der Waals surface area (Å²) in [5.41, 5.74) is 0.467. The van der Waals surface area contributed by atoms with Crippen molar-refractivity contribution >= 4 is 23.7 Å². The maximum absolute atomic E-state index is 11.6. The Morgan fingerprint density at radius 1 is 1.24 bits per heavy atom. The Labute approximate surface area is 104 Å². The smallest absolute Gasteiger partial charge is 0.338 e. The van der Waals surface area contributed by atoms with E-state index in [2.05, 4.69) is 4.74 Å². The van der Waals surface area contributed by atoms with Gasteiger partial charge in [0.25, 0.3) is 0 Å². The fourth-order valence-electron chi connectivity index (χ4n) is 1.32. The van der Waals surface area contributed by atoms with Gasteiger partial charge in [-0.2, -0.15) is 0 Å². The van der Waals surface area contributed by atoms with Gasteiger partial charge >= 0.3 is 11.9 Å². The molecule has 1 rings (SSSR count). The molecule has 0 fully saturated rings. The van der Waals surface area contributed by atoms with E-state index >= 15 is 0 Å². The third-order valence-corrected chi connectivity index (χ3v) is 2.85. The van der Waals surface area contributed by atoms with Crippen LogP contribution in [0.1, 0.15) is 27.6 Å². The van der Waals surface area contributed by atoms with E-state index in [1.807, 2.05) is 6.26 Å². The molecule has 17 heavy (non-hydrogen) atoms. The van der Waals surface area contributed by atoms with E-state index in [0.717, 1.165) is 4.90 Å². The lowest BCUT2D eigenvalue weighted by molar-refractivity contribution is 0.0504. The third kappa shape index (κ3) is 3.23. The summed E-state index contributed by atoms with van der Waals surface area (Å²) in [5.74, 6) is -1.05. The number of methoxy groups -OCH3 is 1. The van der Waals surface area contributed by atoms with E-state index < -0.39 is 11.9 Å². The molecule has 1 aromatic rings. The number of esters is 2. The predicted octanol–water partition coefficient (Wildman–Crippen LogP) is 2.37. The van der Waals surface area contributed by atoms with Crippen molar-refractivity contribution in [1.82, 2.24) is 0 Å². The first kappa shape index (κ1) is 13.6. The first-order chi connectivity index (χ1) is 8.13. The average molecular weight is 254 g/mol. The second-order valence-corrected chi connectivity index (χ2v) is 4.00. The molecule has 0 amide bonds. The minimum atomic E-state index is -0.538. The standard InChI is InChI=1S/C12H14O4S/c1-4-16-12(14)9-6-5-8(17-3)7-10(9)11(13)15-2/h5-7H,4H2,1-3H3. The zero-order chi connectivity index (χ0) is 12.8. The number of rotatable bonds is 4. The minimum absolute atomic E-state index is 0.233. The number of hydrogen-bond acceptors (Lipinski definition) is 5. The summed E-state index contributed by atoms with van der Waals surface area (Å²) in [4.78, 5) is 24.1. The summed E-state index contributed by atoms with van der Waals surface area (Å²) in [6.07, 6.45) is 1.89. The topological polar surface area (TPSA) is 52.6 Å². The van der Waals surface area contributed by atoms with E-state index in [9.17, 15) is 9.59 Å². The molecule has 0 aromatic heterocycles. The van der Waals surface area contributed by atoms with Gasteiger partial charge in [0.2, 0.25) is 0 Å². The van der Waals surface area contributed by atoms with Crippen LogP contribution < -0.4 is 0 Å². The van der Waals surface area contributed by atoms with Crippen LogP contribution in [0.25, 0.3) is 0 Å². The molecule has 4 nitrogen and oxygen atoms in total. The molecule has 0 bridgehead atoms. The highest BCUT2D eigenvalue weighted by atomic mass is 32.2. The number of carbonyl (C=O) groups is 2. The van der Waals surface area contributed by atoms with Crippen molar-refractivity contribution in [3.8, 4) is 0 Å². The van der Waals surface area contributed by atoms with Gasteiger partial charge in [-0.05, 0) is 31.4 Å². The summed E-state index contributed by atoms with van der Waals surface area (Å²) in [6, 6.07) is 4.97. The molecule has 92 valence electrons. The summed E-state index contributed by atoms with van der Waals surface area (Å²) >= 11 is 1.48. The van der Waals surface area contributed by atoms with Crippen LogP contribution in [-0.4, -0.2) is 31.9 Å². The first-order valence-electron chi connectivity index (χ1n) is 5.07. The molecule has 0 N–H and O–H groups in total. The van der Waals surface area contributed by atoms with Crippen LogP contribution in [0.4, 0.5) is 0 Å². The fourth-order valence-corrected chi connectivity index (χ4v) is 1.76. The molecule has 0 radical (unpaired) electrons. The largest absolute Gasteiger partial charge is 0.465 e. The van der Waals surface area contributed by atoms with Gasteiger partial charge in [0.05, 0.1) is 24.8 Å². The lowest BCUT2D eigenvalue weighted by atomic mass is 10.1. The predicted molar refractivity (Wildman–Crippen MR) is 65.5 cm³/mol. The Morgan fingerprint density at radius 2 is 1.94 bits per heavy atom. The zero-order valence-corrected chi connectivity index (χ0v) is 10.8. The van der Waals surface area contributed by atoms with Crippen molar-refractivity contribution in [2.45, 2.75) is 11.8 Å². The molecule has 5 heteroatoms. The summed E-state index contributed by atoms with van der Waals surface area (Å²) < 4.78 is 9.53. The summed E-state index contributed by atoms with van der Waals surface area (Å²) in [7, 11) is 1.28. The lowest BCUT2D eigenvalue weighted by Crippen LogP contribution is -2.13. The van der Waals surface area contributed by atoms with Gasteiger partial charge in [0.1, 0.15) is 0 Å². The molecular weight excluding hydrogens is 240 g/mol. The first-order valence-corrected chi connectivity index (χ1v) is 6.30. The van der Waals surface area contributed by atoms with Crippen LogP contribution >= 0.6 is 11.8 Å². The number of ether oxygens (including phenoxy) is 2. The normalized spacial score (nSPS) is 9.82. The number of carbonyl (C=O) groups excluding carboxylic acids is 2. The van der Waals surface area contributed by atoms with E-state index in [0.29, 0.717) is 0 Å². The highest BCUT2D eigenvalue weighted by Crippen LogP contribution is 2.21. The second kappa shape index (κ2) is 6.30. The van der Waals surface area contributed by atoms with Gasteiger partial charge in [0.15, 0.2) is 0 Å². The van der Waals surface area contributed by atoms with Crippen LogP contribution in [0.15, 0.2) is 23.1 Å². The number of thioether (sulfide) groups is 1. The highest BCUT2D eigenvalue weighted by Gasteiger charge is 2.19. The molecule has 0 spiro atoms. The van der Waals surface area contributed by atoms with Gasteiger partial charge < -0.3 is 9.47 Å². The quantitative estimate of drug-likeness (QED) is 0.610. The fraction of sp³-hybridized carbons (Fsp3) is 0.333. The van der Waals surface area contributed by atoms with Crippen molar-refractivity contribution in [3.05, 3.63) is 29.3 Å². The van der Waals surface area contributed by atoms with E-state index in [4.69, 9.17) is 4.74 Å². The Bertz CT molecular complexity index is 429. The summed E-state index contributed by atoms with van der Waals surface area (Å²) in [6.45, 7) is 1.98. The molecule has 0 unspecified atom stereocenters. The molecule has 0 aliphatic carbocycles. The zero-order valence-electron chi connectivity index (χ0n) is 9.98. The number of benzene rings is 1. The average Bonchev–Trinajstić information content (AvgIpc) is 2.37. The van der Waals surface area contributed by atoms with Gasteiger partial charge in [-0.3, -0.25) is 0 Å². The Hall–Kier alpha value is -1.49. The van der Waals surface area contributed by atoms with Gasteiger partial charge in [0, 0.05) is 4.90 Å². The van der Waals surface area contributed by atoms with Gasteiger partial charge in [-0.1, -0.05) is 0 Å². The molecule has 0 heterocycles.